The van der Waals surface area contributed by atoms with Gasteiger partial charge >= 0.3 is 0 Å². The van der Waals surface area contributed by atoms with Gasteiger partial charge in [0.25, 0.3) is 0 Å². The van der Waals surface area contributed by atoms with E-state index in [1.807, 2.05) is 55.2 Å². The van der Waals surface area contributed by atoms with Gasteiger partial charge in [0.05, 0.1) is 30.6 Å². The van der Waals surface area contributed by atoms with Crippen molar-refractivity contribution in [2.75, 3.05) is 36.5 Å². The fourth-order valence-electron chi connectivity index (χ4n) is 3.95. The summed E-state index contributed by atoms with van der Waals surface area (Å²) in [6.07, 6.45) is 2.35. The van der Waals surface area contributed by atoms with Crippen molar-refractivity contribution < 1.29 is 9.53 Å². The van der Waals surface area contributed by atoms with Crippen molar-refractivity contribution >= 4 is 34.1 Å². The van der Waals surface area contributed by atoms with Crippen LogP contribution in [0.1, 0.15) is 23.7 Å². The van der Waals surface area contributed by atoms with Crippen LogP contribution in [-0.2, 0) is 11.8 Å². The van der Waals surface area contributed by atoms with Gasteiger partial charge < -0.3 is 15.0 Å². The van der Waals surface area contributed by atoms with Crippen LogP contribution in [0.15, 0.2) is 54.7 Å². The van der Waals surface area contributed by atoms with E-state index in [1.165, 1.54) is 0 Å². The van der Waals surface area contributed by atoms with E-state index in [0.717, 1.165) is 40.9 Å². The van der Waals surface area contributed by atoms with Crippen molar-refractivity contribution in [2.45, 2.75) is 13.3 Å². The van der Waals surface area contributed by atoms with Gasteiger partial charge in [0, 0.05) is 54.8 Å². The molecular weight excluding hydrogens is 416 g/mol. The van der Waals surface area contributed by atoms with Crippen molar-refractivity contribution in [3.8, 4) is 11.3 Å². The van der Waals surface area contributed by atoms with Gasteiger partial charge in [-0.2, -0.15) is 10.1 Å². The molecule has 0 atom stereocenters. The first-order chi connectivity index (χ1) is 16.1. The normalized spacial score (nSPS) is 13.9. The maximum absolute atomic E-state index is 11.9. The van der Waals surface area contributed by atoms with E-state index in [2.05, 4.69) is 33.5 Å². The lowest BCUT2D eigenvalue weighted by Gasteiger charge is -2.27. The third kappa shape index (κ3) is 4.42. The highest BCUT2D eigenvalue weighted by molar-refractivity contribution is 5.96. The number of rotatable bonds is 6. The van der Waals surface area contributed by atoms with Gasteiger partial charge in [0.15, 0.2) is 5.78 Å². The quantitative estimate of drug-likeness (QED) is 0.448. The molecule has 0 bridgehead atoms. The molecule has 5 rings (SSSR count). The first kappa shape index (κ1) is 21.1. The number of aromatic nitrogens is 4. The van der Waals surface area contributed by atoms with Crippen LogP contribution in [0.25, 0.3) is 22.2 Å². The Morgan fingerprint density at radius 3 is 2.61 bits per heavy atom. The smallest absolute Gasteiger partial charge is 0.228 e. The monoisotopic (exact) mass is 442 g/mol. The van der Waals surface area contributed by atoms with Crippen LogP contribution < -0.4 is 10.2 Å². The first-order valence-electron chi connectivity index (χ1n) is 11.1. The Hall–Kier alpha value is -3.78. The standard InChI is InChI=1S/C25H26N6O2/c1-3-23(32)17-6-8-20(9-7-17)27-24-15-21(28-25(29-24)31-10-12-33-13-11-31)18-4-5-19-16-26-30(2)22(19)14-18/h4-9,14-16H,3,10-13H2,1-2H3,(H,27,28,29). The summed E-state index contributed by atoms with van der Waals surface area (Å²) in [6, 6.07) is 15.7. The first-order valence-corrected chi connectivity index (χ1v) is 11.1. The number of ketones is 1. The molecule has 8 heteroatoms. The molecule has 0 amide bonds. The molecule has 4 aromatic rings. The van der Waals surface area contributed by atoms with Crippen LogP contribution in [-0.4, -0.2) is 51.8 Å². The maximum Gasteiger partial charge on any atom is 0.228 e. The molecule has 1 saturated heterocycles. The molecule has 0 unspecified atom stereocenters. The van der Waals surface area contributed by atoms with Crippen LogP contribution in [0, 0.1) is 0 Å². The van der Waals surface area contributed by atoms with Crippen LogP contribution in [0.5, 0.6) is 0 Å². The molecule has 1 aliphatic rings. The van der Waals surface area contributed by atoms with Gasteiger partial charge in [-0.05, 0) is 30.3 Å². The number of anilines is 3. The summed E-state index contributed by atoms with van der Waals surface area (Å²) >= 11 is 0. The molecule has 1 fully saturated rings. The van der Waals surface area contributed by atoms with Crippen LogP contribution in [0.4, 0.5) is 17.5 Å². The summed E-state index contributed by atoms with van der Waals surface area (Å²) in [7, 11) is 1.94. The highest BCUT2D eigenvalue weighted by Gasteiger charge is 2.17. The van der Waals surface area contributed by atoms with E-state index in [-0.39, 0.29) is 5.78 Å². The van der Waals surface area contributed by atoms with Gasteiger partial charge in [0.1, 0.15) is 5.82 Å². The largest absolute Gasteiger partial charge is 0.378 e. The van der Waals surface area contributed by atoms with Crippen LogP contribution in [0.3, 0.4) is 0 Å². The van der Waals surface area contributed by atoms with E-state index < -0.39 is 0 Å². The minimum Gasteiger partial charge on any atom is -0.378 e. The number of hydrogen-bond acceptors (Lipinski definition) is 7. The molecule has 0 aliphatic carbocycles. The summed E-state index contributed by atoms with van der Waals surface area (Å²) in [5.74, 6) is 1.49. The molecular formula is C25H26N6O2. The fourth-order valence-corrected chi connectivity index (χ4v) is 3.95. The van der Waals surface area contributed by atoms with E-state index in [1.54, 1.807) is 0 Å². The van der Waals surface area contributed by atoms with Crippen molar-refractivity contribution in [3.63, 3.8) is 0 Å². The summed E-state index contributed by atoms with van der Waals surface area (Å²) in [5.41, 5.74) is 4.45. The SMILES string of the molecule is CCC(=O)c1ccc(Nc2cc(-c3ccc4cnn(C)c4c3)nc(N3CCOCC3)n2)cc1. The number of nitrogens with zero attached hydrogens (tertiary/aromatic N) is 5. The predicted octanol–water partition coefficient (Wildman–Crippen LogP) is 4.20. The number of benzene rings is 2. The number of nitrogens with one attached hydrogen (secondary N) is 1. The topological polar surface area (TPSA) is 85.2 Å². The molecule has 0 spiro atoms. The second-order valence-electron chi connectivity index (χ2n) is 8.06. The zero-order valence-electron chi connectivity index (χ0n) is 18.8. The molecule has 1 aliphatic heterocycles. The molecule has 168 valence electrons. The number of Topliss-reactive ketones (excluding diaryl/α,β-unsaturated/α-hetero) is 1. The average molecular weight is 443 g/mol. The Balaban J connectivity index is 1.52. The number of hydrogen-bond donors (Lipinski definition) is 1. The van der Waals surface area contributed by atoms with Crippen molar-refractivity contribution in [1.29, 1.82) is 0 Å². The Morgan fingerprint density at radius 2 is 1.85 bits per heavy atom. The molecule has 0 radical (unpaired) electrons. The Kier molecular flexibility index (Phi) is 5.75. The number of ether oxygens (including phenoxy) is 1. The van der Waals surface area contributed by atoms with Crippen molar-refractivity contribution in [2.24, 2.45) is 7.05 Å². The maximum atomic E-state index is 11.9. The number of morpholine rings is 1. The summed E-state index contributed by atoms with van der Waals surface area (Å²) in [5, 5.41) is 8.82. The average Bonchev–Trinajstić information content (AvgIpc) is 3.24. The van der Waals surface area contributed by atoms with Crippen molar-refractivity contribution in [3.05, 3.63) is 60.3 Å². The van der Waals surface area contributed by atoms with E-state index in [4.69, 9.17) is 14.7 Å². The van der Waals surface area contributed by atoms with E-state index >= 15 is 0 Å². The molecule has 3 heterocycles. The number of aryl methyl sites for hydroxylation is 1. The predicted molar refractivity (Wildman–Crippen MR) is 129 cm³/mol. The molecule has 8 nitrogen and oxygen atoms in total. The lowest BCUT2D eigenvalue weighted by Crippen LogP contribution is -2.37. The Bertz CT molecular complexity index is 1290. The van der Waals surface area contributed by atoms with Gasteiger partial charge in [-0.3, -0.25) is 9.48 Å². The Morgan fingerprint density at radius 1 is 1.06 bits per heavy atom. The molecule has 0 saturated carbocycles. The van der Waals surface area contributed by atoms with Crippen LogP contribution >= 0.6 is 0 Å². The molecule has 1 N–H and O–H groups in total. The van der Waals surface area contributed by atoms with Gasteiger partial charge in [-0.25, -0.2) is 4.98 Å². The fraction of sp³-hybridized carbons (Fsp3) is 0.280. The summed E-state index contributed by atoms with van der Waals surface area (Å²) < 4.78 is 7.37. The third-order valence-electron chi connectivity index (χ3n) is 5.85. The zero-order valence-corrected chi connectivity index (χ0v) is 18.8. The number of fused-ring (bicyclic) bond motifs is 1. The molecule has 33 heavy (non-hydrogen) atoms. The lowest BCUT2D eigenvalue weighted by atomic mass is 10.1. The number of carbonyl (C=O) groups is 1. The van der Waals surface area contributed by atoms with E-state index in [9.17, 15) is 4.79 Å². The minimum atomic E-state index is 0.131. The van der Waals surface area contributed by atoms with Gasteiger partial charge in [-0.1, -0.05) is 19.1 Å². The van der Waals surface area contributed by atoms with Gasteiger partial charge in [-0.15, -0.1) is 0 Å². The summed E-state index contributed by atoms with van der Waals surface area (Å²) in [4.78, 5) is 23.7. The van der Waals surface area contributed by atoms with Gasteiger partial charge in [0.2, 0.25) is 5.95 Å². The van der Waals surface area contributed by atoms with Crippen LogP contribution in [0.2, 0.25) is 0 Å². The number of carbonyl (C=O) groups excluding carboxylic acids is 1. The highest BCUT2D eigenvalue weighted by Crippen LogP contribution is 2.28. The van der Waals surface area contributed by atoms with Crippen molar-refractivity contribution in [1.82, 2.24) is 19.7 Å². The minimum absolute atomic E-state index is 0.131. The second-order valence-corrected chi connectivity index (χ2v) is 8.06. The third-order valence-corrected chi connectivity index (χ3v) is 5.85. The highest BCUT2D eigenvalue weighted by atomic mass is 16.5. The summed E-state index contributed by atoms with van der Waals surface area (Å²) in [6.45, 7) is 4.68. The Labute approximate surface area is 192 Å². The lowest BCUT2D eigenvalue weighted by molar-refractivity contribution is 0.0988. The zero-order chi connectivity index (χ0) is 22.8. The molecule has 2 aromatic heterocycles. The van der Waals surface area contributed by atoms with E-state index in [0.29, 0.717) is 37.0 Å². The molecule has 2 aromatic carbocycles. The second kappa shape index (κ2) is 8.99.